The Kier molecular flexibility index (Phi) is 4.74. The van der Waals surface area contributed by atoms with Gasteiger partial charge in [-0.15, -0.1) is 0 Å². The topological polar surface area (TPSA) is 69.6 Å². The van der Waals surface area contributed by atoms with E-state index in [2.05, 4.69) is 5.32 Å². The van der Waals surface area contributed by atoms with Gasteiger partial charge in [0.05, 0.1) is 0 Å². The van der Waals surface area contributed by atoms with Gasteiger partial charge in [-0.25, -0.2) is 0 Å². The highest BCUT2D eigenvalue weighted by Crippen LogP contribution is 2.24. The number of hydrogen-bond donors (Lipinski definition) is 2. The van der Waals surface area contributed by atoms with Gasteiger partial charge in [0.25, 0.3) is 0 Å². The second kappa shape index (κ2) is 6.52. The van der Waals surface area contributed by atoms with Crippen LogP contribution in [0.25, 0.3) is 0 Å². The van der Waals surface area contributed by atoms with Gasteiger partial charge in [-0.2, -0.15) is 0 Å². The third-order valence-electron chi connectivity index (χ3n) is 3.65. The smallest absolute Gasteiger partial charge is 0.325 e. The van der Waals surface area contributed by atoms with Gasteiger partial charge in [0, 0.05) is 26.1 Å². The number of nitrogens with zero attached hydrogens (tertiary/aromatic N) is 1. The number of carbonyl (C=O) groups excluding carboxylic acids is 1. The molecule has 1 aliphatic heterocycles. The Hall–Kier alpha value is -1.88. The quantitative estimate of drug-likeness (QED) is 0.872. The van der Waals surface area contributed by atoms with Gasteiger partial charge in [0.15, 0.2) is 0 Å². The Morgan fingerprint density at radius 1 is 1.25 bits per heavy atom. The fraction of sp³-hybridized carbons (Fsp3) is 0.467. The normalized spacial score (nSPS) is 18.4. The largest absolute Gasteiger partial charge is 0.480 e. The zero-order valence-corrected chi connectivity index (χ0v) is 11.6. The van der Waals surface area contributed by atoms with E-state index in [1.807, 2.05) is 35.2 Å². The molecule has 20 heavy (non-hydrogen) atoms. The standard InChI is InChI=1S/C15H20N2O3/c1-11(18)16-13-7-9-17(10-8-13)14(15(19)20)12-5-3-2-4-6-12/h2-6,13-14H,7-10H2,1H3,(H,16,18)(H,19,20). The van der Waals surface area contributed by atoms with E-state index in [0.29, 0.717) is 13.1 Å². The fourth-order valence-electron chi connectivity index (χ4n) is 2.73. The van der Waals surface area contributed by atoms with Crippen molar-refractivity contribution in [3.05, 3.63) is 35.9 Å². The van der Waals surface area contributed by atoms with Crippen LogP contribution in [-0.4, -0.2) is 41.0 Å². The molecule has 1 aliphatic rings. The first-order valence-corrected chi connectivity index (χ1v) is 6.87. The molecule has 108 valence electrons. The molecular weight excluding hydrogens is 256 g/mol. The van der Waals surface area contributed by atoms with Crippen molar-refractivity contribution in [2.45, 2.75) is 31.8 Å². The Morgan fingerprint density at radius 2 is 1.85 bits per heavy atom. The van der Waals surface area contributed by atoms with Gasteiger partial charge in [-0.05, 0) is 18.4 Å². The number of carbonyl (C=O) groups is 2. The summed E-state index contributed by atoms with van der Waals surface area (Å²) < 4.78 is 0. The third kappa shape index (κ3) is 3.57. The van der Waals surface area contributed by atoms with Crippen LogP contribution in [0.2, 0.25) is 0 Å². The lowest BCUT2D eigenvalue weighted by Gasteiger charge is -2.35. The molecule has 1 aromatic carbocycles. The molecule has 5 nitrogen and oxygen atoms in total. The summed E-state index contributed by atoms with van der Waals surface area (Å²) in [6.07, 6.45) is 1.58. The zero-order chi connectivity index (χ0) is 14.5. The molecule has 0 aliphatic carbocycles. The SMILES string of the molecule is CC(=O)NC1CCN(C(C(=O)O)c2ccccc2)CC1. The average Bonchev–Trinajstić information content (AvgIpc) is 2.41. The van der Waals surface area contributed by atoms with E-state index in [0.717, 1.165) is 18.4 Å². The fourth-order valence-corrected chi connectivity index (χ4v) is 2.73. The lowest BCUT2D eigenvalue weighted by atomic mass is 9.99. The van der Waals surface area contributed by atoms with Gasteiger partial charge >= 0.3 is 5.97 Å². The van der Waals surface area contributed by atoms with Gasteiger partial charge in [0.1, 0.15) is 6.04 Å². The molecule has 0 saturated carbocycles. The van der Waals surface area contributed by atoms with Crippen LogP contribution < -0.4 is 5.32 Å². The number of aliphatic carboxylic acids is 1. The third-order valence-corrected chi connectivity index (χ3v) is 3.65. The van der Waals surface area contributed by atoms with Gasteiger partial charge < -0.3 is 10.4 Å². The van der Waals surface area contributed by atoms with Crippen molar-refractivity contribution in [3.8, 4) is 0 Å². The molecule has 1 atom stereocenters. The van der Waals surface area contributed by atoms with Crippen LogP contribution in [-0.2, 0) is 9.59 Å². The first kappa shape index (κ1) is 14.5. The number of hydrogen-bond acceptors (Lipinski definition) is 3. The predicted octanol–water partition coefficient (Wildman–Crippen LogP) is 1.41. The van der Waals surface area contributed by atoms with Gasteiger partial charge in [-0.3, -0.25) is 14.5 Å². The summed E-state index contributed by atoms with van der Waals surface area (Å²) in [6.45, 7) is 2.87. The molecule has 5 heteroatoms. The molecule has 2 rings (SSSR count). The van der Waals surface area contributed by atoms with Crippen LogP contribution in [0.1, 0.15) is 31.4 Å². The van der Waals surface area contributed by atoms with Gasteiger partial charge in [-0.1, -0.05) is 30.3 Å². The van der Waals surface area contributed by atoms with Gasteiger partial charge in [0.2, 0.25) is 5.91 Å². The summed E-state index contributed by atoms with van der Waals surface area (Å²) in [5, 5.41) is 12.4. The summed E-state index contributed by atoms with van der Waals surface area (Å²) >= 11 is 0. The second-order valence-electron chi connectivity index (χ2n) is 5.16. The first-order valence-electron chi connectivity index (χ1n) is 6.87. The van der Waals surface area contributed by atoms with Crippen molar-refractivity contribution < 1.29 is 14.7 Å². The lowest BCUT2D eigenvalue weighted by Crippen LogP contribution is -2.46. The number of amides is 1. The molecule has 1 heterocycles. The Balaban J connectivity index is 2.03. The Labute approximate surface area is 118 Å². The average molecular weight is 276 g/mol. The number of carboxylic acids is 1. The molecule has 1 aromatic rings. The van der Waals surface area contributed by atoms with E-state index in [1.165, 1.54) is 6.92 Å². The number of piperidine rings is 1. The molecule has 1 amide bonds. The maximum atomic E-state index is 11.5. The van der Waals surface area contributed by atoms with Crippen molar-refractivity contribution >= 4 is 11.9 Å². The van der Waals surface area contributed by atoms with E-state index in [9.17, 15) is 14.7 Å². The predicted molar refractivity (Wildman–Crippen MR) is 75.2 cm³/mol. The summed E-state index contributed by atoms with van der Waals surface area (Å²) in [4.78, 5) is 24.6. The molecule has 0 spiro atoms. The maximum absolute atomic E-state index is 11.5. The van der Waals surface area contributed by atoms with E-state index in [4.69, 9.17) is 0 Å². The summed E-state index contributed by atoms with van der Waals surface area (Å²) in [5.74, 6) is -0.851. The van der Waals surface area contributed by atoms with Crippen molar-refractivity contribution in [2.75, 3.05) is 13.1 Å². The van der Waals surface area contributed by atoms with Crippen LogP contribution in [0.15, 0.2) is 30.3 Å². The monoisotopic (exact) mass is 276 g/mol. The highest BCUT2D eigenvalue weighted by Gasteiger charge is 2.30. The second-order valence-corrected chi connectivity index (χ2v) is 5.16. The van der Waals surface area contributed by atoms with Crippen LogP contribution in [0, 0.1) is 0 Å². The van der Waals surface area contributed by atoms with Crippen LogP contribution in [0.3, 0.4) is 0 Å². The molecule has 1 unspecified atom stereocenters. The maximum Gasteiger partial charge on any atom is 0.325 e. The van der Waals surface area contributed by atoms with Crippen molar-refractivity contribution in [1.82, 2.24) is 10.2 Å². The van der Waals surface area contributed by atoms with Crippen molar-refractivity contribution in [1.29, 1.82) is 0 Å². The van der Waals surface area contributed by atoms with E-state index >= 15 is 0 Å². The molecule has 0 bridgehead atoms. The summed E-state index contributed by atoms with van der Waals surface area (Å²) in [5.41, 5.74) is 0.804. The first-order chi connectivity index (χ1) is 9.58. The molecule has 1 saturated heterocycles. The highest BCUT2D eigenvalue weighted by atomic mass is 16.4. The number of likely N-dealkylation sites (tertiary alicyclic amines) is 1. The van der Waals surface area contributed by atoms with E-state index in [-0.39, 0.29) is 11.9 Å². The molecular formula is C15H20N2O3. The number of benzene rings is 1. The molecule has 1 fully saturated rings. The lowest BCUT2D eigenvalue weighted by molar-refractivity contribution is -0.144. The Bertz CT molecular complexity index is 467. The van der Waals surface area contributed by atoms with Crippen molar-refractivity contribution in [3.63, 3.8) is 0 Å². The molecule has 2 N–H and O–H groups in total. The van der Waals surface area contributed by atoms with Crippen LogP contribution in [0.5, 0.6) is 0 Å². The number of carboxylic acid groups (broad SMARTS) is 1. The Morgan fingerprint density at radius 3 is 2.35 bits per heavy atom. The summed E-state index contributed by atoms with van der Waals surface area (Å²) in [6, 6.07) is 8.84. The minimum absolute atomic E-state index is 0.0266. The van der Waals surface area contributed by atoms with Crippen molar-refractivity contribution in [2.24, 2.45) is 0 Å². The minimum atomic E-state index is -0.825. The van der Waals surface area contributed by atoms with Crippen LogP contribution in [0.4, 0.5) is 0 Å². The molecule has 0 aromatic heterocycles. The number of rotatable bonds is 4. The van der Waals surface area contributed by atoms with E-state index < -0.39 is 12.0 Å². The highest BCUT2D eigenvalue weighted by molar-refractivity contribution is 5.75. The molecule has 0 radical (unpaired) electrons. The minimum Gasteiger partial charge on any atom is -0.480 e. The van der Waals surface area contributed by atoms with Crippen LogP contribution >= 0.6 is 0 Å². The number of nitrogens with one attached hydrogen (secondary N) is 1. The summed E-state index contributed by atoms with van der Waals surface area (Å²) in [7, 11) is 0. The zero-order valence-electron chi connectivity index (χ0n) is 11.6. The van der Waals surface area contributed by atoms with E-state index in [1.54, 1.807) is 0 Å².